The van der Waals surface area contributed by atoms with Crippen LogP contribution in [0.15, 0.2) is 64.8 Å². The zero-order valence-corrected chi connectivity index (χ0v) is 21.4. The maximum absolute atomic E-state index is 13.7. The van der Waals surface area contributed by atoms with Gasteiger partial charge in [0.25, 0.3) is 5.56 Å². The molecule has 13 nitrogen and oxygen atoms in total. The molecule has 0 aliphatic carbocycles. The quantitative estimate of drug-likeness (QED) is 0.181. The molecule has 37 heavy (non-hydrogen) atoms. The monoisotopic (exact) mass is 539 g/mol. The van der Waals surface area contributed by atoms with E-state index in [1.165, 1.54) is 19.1 Å². The third-order valence-corrected chi connectivity index (χ3v) is 7.04. The highest BCUT2D eigenvalue weighted by Gasteiger charge is 2.55. The predicted molar refractivity (Wildman–Crippen MR) is 131 cm³/mol. The lowest BCUT2D eigenvalue weighted by atomic mass is 9.96. The van der Waals surface area contributed by atoms with E-state index >= 15 is 0 Å². The number of esters is 1. The van der Waals surface area contributed by atoms with Gasteiger partial charge in [0.1, 0.15) is 29.6 Å². The number of hydrogen-bond donors (Lipinski definition) is 4. The van der Waals surface area contributed by atoms with Gasteiger partial charge in [0.15, 0.2) is 6.23 Å². The zero-order chi connectivity index (χ0) is 27.4. The Morgan fingerprint density at radius 2 is 1.95 bits per heavy atom. The van der Waals surface area contributed by atoms with Crippen molar-refractivity contribution in [2.24, 2.45) is 0 Å². The number of aromatic nitrogens is 2. The Hall–Kier alpha value is -3.06. The van der Waals surface area contributed by atoms with Crippen LogP contribution < -0.4 is 20.9 Å². The van der Waals surface area contributed by atoms with Gasteiger partial charge < -0.3 is 24.2 Å². The first kappa shape index (κ1) is 28.5. The molecule has 4 N–H and O–H groups in total. The van der Waals surface area contributed by atoms with Crippen molar-refractivity contribution in [2.45, 2.75) is 57.0 Å². The molecule has 1 aliphatic rings. The Kier molecular flexibility index (Phi) is 8.90. The number of rotatable bonds is 11. The Balaban J connectivity index is 1.86. The van der Waals surface area contributed by atoms with Gasteiger partial charge in [-0.1, -0.05) is 24.3 Å². The van der Waals surface area contributed by atoms with Gasteiger partial charge in [-0.15, -0.1) is 6.58 Å². The lowest BCUT2D eigenvalue weighted by Gasteiger charge is -2.31. The van der Waals surface area contributed by atoms with Crippen molar-refractivity contribution < 1.29 is 38.1 Å². The molecule has 0 radical (unpaired) electrons. The summed E-state index contributed by atoms with van der Waals surface area (Å²) in [5.41, 5.74) is -3.41. The third kappa shape index (κ3) is 6.63. The van der Waals surface area contributed by atoms with Gasteiger partial charge in [0.2, 0.25) is 0 Å². The second kappa shape index (κ2) is 11.5. The maximum atomic E-state index is 13.7. The first-order valence-corrected chi connectivity index (χ1v) is 12.9. The van der Waals surface area contributed by atoms with E-state index in [0.717, 1.165) is 22.9 Å². The zero-order valence-electron chi connectivity index (χ0n) is 20.5. The minimum atomic E-state index is -4.34. The summed E-state index contributed by atoms with van der Waals surface area (Å²) in [5.74, 6) is -0.556. The van der Waals surface area contributed by atoms with Crippen LogP contribution in [0.25, 0.3) is 0 Å². The van der Waals surface area contributed by atoms with E-state index in [2.05, 4.69) is 11.7 Å². The summed E-state index contributed by atoms with van der Waals surface area (Å²) in [6.45, 7) is 7.67. The van der Waals surface area contributed by atoms with Crippen LogP contribution in [0.3, 0.4) is 0 Å². The smallest absolute Gasteiger partial charge is 0.459 e. The normalized spacial score (nSPS) is 25.8. The molecule has 1 unspecified atom stereocenters. The van der Waals surface area contributed by atoms with Crippen LogP contribution >= 0.6 is 7.75 Å². The number of H-pyrrole nitrogens is 1. The number of aliphatic hydroxyl groups is 2. The van der Waals surface area contributed by atoms with Crippen molar-refractivity contribution in [3.63, 3.8) is 0 Å². The molecule has 0 spiro atoms. The van der Waals surface area contributed by atoms with E-state index < -0.39 is 67.8 Å². The molecule has 1 aromatic heterocycles. The number of aromatic amines is 1. The highest BCUT2D eigenvalue weighted by molar-refractivity contribution is 7.52. The van der Waals surface area contributed by atoms with Crippen molar-refractivity contribution in [2.75, 3.05) is 6.61 Å². The van der Waals surface area contributed by atoms with Crippen molar-refractivity contribution in [1.29, 1.82) is 0 Å². The molecule has 2 heterocycles. The number of benzene rings is 1. The number of carbonyl (C=O) groups excluding carboxylic acids is 1. The number of nitrogens with one attached hydrogen (secondary N) is 2. The summed E-state index contributed by atoms with van der Waals surface area (Å²) in [6, 6.07) is 7.93. The summed E-state index contributed by atoms with van der Waals surface area (Å²) in [4.78, 5) is 38.0. The Bertz CT molecular complexity index is 1260. The van der Waals surface area contributed by atoms with Crippen molar-refractivity contribution in [1.82, 2.24) is 14.6 Å². The molecule has 1 aromatic carbocycles. The summed E-state index contributed by atoms with van der Waals surface area (Å²) < 4.78 is 36.7. The molecule has 2 aromatic rings. The molecule has 1 fully saturated rings. The maximum Gasteiger partial charge on any atom is 0.459 e. The second-order valence-electron chi connectivity index (χ2n) is 8.63. The molecule has 202 valence electrons. The molecule has 0 saturated carbocycles. The average Bonchev–Trinajstić information content (AvgIpc) is 3.08. The summed E-state index contributed by atoms with van der Waals surface area (Å²) >= 11 is 0. The first-order chi connectivity index (χ1) is 17.4. The molecule has 1 aliphatic heterocycles. The fourth-order valence-electron chi connectivity index (χ4n) is 3.53. The highest BCUT2D eigenvalue weighted by Crippen LogP contribution is 2.48. The molecule has 6 atom stereocenters. The highest BCUT2D eigenvalue weighted by atomic mass is 31.2. The molecular weight excluding hydrogens is 509 g/mol. The summed E-state index contributed by atoms with van der Waals surface area (Å²) in [5, 5.41) is 23.9. The van der Waals surface area contributed by atoms with Crippen LogP contribution in [0.5, 0.6) is 5.75 Å². The molecular formula is C23H30N3O10P. The van der Waals surface area contributed by atoms with Gasteiger partial charge in [0.05, 0.1) is 12.7 Å². The standard InChI is InChI=1S/C23H30N3O10P/c1-5-23(19(29)18(28)20(35-23)26-12-11-17(27)24-22(26)31)13-33-37(32,36-16-9-7-6-8-10-16)25-15(4)21(30)34-14(2)3/h5-12,14-15,18-20,28-29H,1,13H2,2-4H3,(H,25,32)(H,24,27,31)/t15-,18+,19-,20+,23+,37?/m0/s1. The van der Waals surface area contributed by atoms with Gasteiger partial charge in [-0.2, -0.15) is 5.09 Å². The lowest BCUT2D eigenvalue weighted by molar-refractivity contribution is -0.149. The number of hydrogen-bond acceptors (Lipinski definition) is 10. The van der Waals surface area contributed by atoms with E-state index in [0.29, 0.717) is 0 Å². The third-order valence-electron chi connectivity index (χ3n) is 5.41. The fourth-order valence-corrected chi connectivity index (χ4v) is 5.06. The van der Waals surface area contributed by atoms with E-state index in [-0.39, 0.29) is 5.75 Å². The topological polar surface area (TPSA) is 178 Å². The van der Waals surface area contributed by atoms with Gasteiger partial charge >= 0.3 is 19.4 Å². The summed E-state index contributed by atoms with van der Waals surface area (Å²) in [6.07, 6.45) is -3.00. The van der Waals surface area contributed by atoms with Gasteiger partial charge in [-0.3, -0.25) is 23.7 Å². The fraction of sp³-hybridized carbons (Fsp3) is 0.435. The Morgan fingerprint density at radius 1 is 1.27 bits per heavy atom. The van der Waals surface area contributed by atoms with E-state index in [1.54, 1.807) is 32.0 Å². The SMILES string of the molecule is C=C[C@]1(COP(=O)(N[C@@H](C)C(=O)OC(C)C)Oc2ccccc2)O[C@@H](n2ccc(=O)[nH]c2=O)[C@H](O)[C@@H]1O. The van der Waals surface area contributed by atoms with E-state index in [4.69, 9.17) is 18.5 Å². The van der Waals surface area contributed by atoms with Crippen LogP contribution in [0.2, 0.25) is 0 Å². The van der Waals surface area contributed by atoms with Gasteiger partial charge in [-0.25, -0.2) is 9.36 Å². The summed E-state index contributed by atoms with van der Waals surface area (Å²) in [7, 11) is -4.34. The second-order valence-corrected chi connectivity index (χ2v) is 10.3. The number of aliphatic hydroxyl groups excluding tert-OH is 2. The van der Waals surface area contributed by atoms with E-state index in [1.807, 2.05) is 4.98 Å². The van der Waals surface area contributed by atoms with Crippen LogP contribution in [0.4, 0.5) is 0 Å². The van der Waals surface area contributed by atoms with Crippen LogP contribution in [-0.2, 0) is 23.4 Å². The van der Waals surface area contributed by atoms with Crippen molar-refractivity contribution in [3.8, 4) is 5.75 Å². The number of nitrogens with zero attached hydrogens (tertiary/aromatic N) is 1. The molecule has 0 bridgehead atoms. The average molecular weight is 539 g/mol. The van der Waals surface area contributed by atoms with Gasteiger partial charge in [0, 0.05) is 12.3 Å². The molecule has 0 amide bonds. The lowest BCUT2D eigenvalue weighted by Crippen LogP contribution is -2.46. The predicted octanol–water partition coefficient (Wildman–Crippen LogP) is 0.845. The number of para-hydroxylation sites is 1. The van der Waals surface area contributed by atoms with Crippen LogP contribution in [0, 0.1) is 0 Å². The molecule has 1 saturated heterocycles. The minimum absolute atomic E-state index is 0.154. The number of carbonyl (C=O) groups is 1. The number of ether oxygens (including phenoxy) is 2. The first-order valence-electron chi connectivity index (χ1n) is 11.4. The Labute approximate surface area is 212 Å². The van der Waals surface area contributed by atoms with E-state index in [9.17, 15) is 29.2 Å². The van der Waals surface area contributed by atoms with Crippen LogP contribution in [0.1, 0.15) is 27.0 Å². The largest absolute Gasteiger partial charge is 0.462 e. The Morgan fingerprint density at radius 3 is 2.54 bits per heavy atom. The molecule has 3 rings (SSSR count). The van der Waals surface area contributed by atoms with Crippen molar-refractivity contribution in [3.05, 3.63) is 76.1 Å². The molecule has 14 heteroatoms. The van der Waals surface area contributed by atoms with Crippen molar-refractivity contribution >= 4 is 13.7 Å². The van der Waals surface area contributed by atoms with Crippen LogP contribution in [-0.4, -0.2) is 62.3 Å². The minimum Gasteiger partial charge on any atom is -0.462 e. The van der Waals surface area contributed by atoms with Gasteiger partial charge in [-0.05, 0) is 32.9 Å².